The molecule has 1 N–H and O–H groups in total. The molecule has 0 saturated carbocycles. The Morgan fingerprint density at radius 1 is 1.48 bits per heavy atom. The predicted molar refractivity (Wildman–Crippen MR) is 79.2 cm³/mol. The maximum absolute atomic E-state index is 13.3. The topological polar surface area (TPSA) is 64.4 Å². The molecule has 0 aliphatic rings. The normalized spacial score (nSPS) is 12.1. The van der Waals surface area contributed by atoms with Crippen LogP contribution in [0.5, 0.6) is 5.75 Å². The number of benzene rings is 1. The Balaban J connectivity index is 2.05. The van der Waals surface area contributed by atoms with Crippen molar-refractivity contribution in [1.82, 2.24) is 5.32 Å². The molecular formula is C14H15FN2O3S. The lowest BCUT2D eigenvalue weighted by Crippen LogP contribution is -2.18. The molecule has 2 aromatic rings. The number of ether oxygens (including phenoxy) is 1. The molecule has 0 spiro atoms. The highest BCUT2D eigenvalue weighted by Gasteiger charge is 2.14. The molecule has 0 radical (unpaired) electrons. The Morgan fingerprint density at radius 3 is 2.86 bits per heavy atom. The lowest BCUT2D eigenvalue weighted by Gasteiger charge is -2.17. The van der Waals surface area contributed by atoms with Crippen LogP contribution in [0.15, 0.2) is 29.6 Å². The van der Waals surface area contributed by atoms with Crippen molar-refractivity contribution in [2.45, 2.75) is 19.5 Å². The van der Waals surface area contributed by atoms with Crippen LogP contribution in [0.25, 0.3) is 0 Å². The summed E-state index contributed by atoms with van der Waals surface area (Å²) < 4.78 is 18.6. The van der Waals surface area contributed by atoms with Gasteiger partial charge in [-0.3, -0.25) is 10.1 Å². The van der Waals surface area contributed by atoms with Gasteiger partial charge in [0.2, 0.25) is 0 Å². The number of hydrogen-bond acceptors (Lipinski definition) is 5. The number of nitro groups is 1. The molecule has 0 fully saturated rings. The third kappa shape index (κ3) is 3.77. The van der Waals surface area contributed by atoms with Gasteiger partial charge in [-0.25, -0.2) is 4.39 Å². The third-order valence-electron chi connectivity index (χ3n) is 3.09. The SMILES string of the molecule is COc1ccc(F)cc1C(C)NCc1csc([N+](=O)[O-])c1. The first kappa shape index (κ1) is 15.4. The average Bonchev–Trinajstić information content (AvgIpc) is 2.94. The van der Waals surface area contributed by atoms with Crippen LogP contribution in [0.4, 0.5) is 9.39 Å². The lowest BCUT2D eigenvalue weighted by molar-refractivity contribution is -0.380. The minimum Gasteiger partial charge on any atom is -0.496 e. The van der Waals surface area contributed by atoms with Crippen molar-refractivity contribution in [3.63, 3.8) is 0 Å². The number of rotatable bonds is 6. The highest BCUT2D eigenvalue weighted by molar-refractivity contribution is 7.13. The van der Waals surface area contributed by atoms with Crippen LogP contribution in [0.1, 0.15) is 24.1 Å². The third-order valence-corrected chi connectivity index (χ3v) is 4.02. The molecule has 2 rings (SSSR count). The number of thiophene rings is 1. The van der Waals surface area contributed by atoms with E-state index in [-0.39, 0.29) is 16.9 Å². The quantitative estimate of drug-likeness (QED) is 0.653. The molecule has 7 heteroatoms. The van der Waals surface area contributed by atoms with Crippen LogP contribution in [0.2, 0.25) is 0 Å². The van der Waals surface area contributed by atoms with E-state index < -0.39 is 4.92 Å². The molecule has 1 atom stereocenters. The van der Waals surface area contributed by atoms with E-state index in [0.29, 0.717) is 17.9 Å². The molecule has 0 aliphatic carbocycles. The first-order valence-corrected chi connectivity index (χ1v) is 7.18. The first-order valence-electron chi connectivity index (χ1n) is 6.30. The summed E-state index contributed by atoms with van der Waals surface area (Å²) >= 11 is 1.09. The van der Waals surface area contributed by atoms with Gasteiger partial charge < -0.3 is 10.1 Å². The predicted octanol–water partition coefficient (Wildman–Crippen LogP) is 3.65. The van der Waals surface area contributed by atoms with E-state index in [1.807, 2.05) is 6.92 Å². The van der Waals surface area contributed by atoms with Crippen LogP contribution in [0.3, 0.4) is 0 Å². The molecule has 112 valence electrons. The fraction of sp³-hybridized carbons (Fsp3) is 0.286. The van der Waals surface area contributed by atoms with Gasteiger partial charge in [0.1, 0.15) is 11.6 Å². The molecule has 1 aromatic carbocycles. The Morgan fingerprint density at radius 2 is 2.24 bits per heavy atom. The van der Waals surface area contributed by atoms with Gasteiger partial charge in [-0.1, -0.05) is 11.3 Å². The average molecular weight is 310 g/mol. The fourth-order valence-electron chi connectivity index (χ4n) is 1.98. The van der Waals surface area contributed by atoms with E-state index in [4.69, 9.17) is 4.74 Å². The van der Waals surface area contributed by atoms with Crippen molar-refractivity contribution in [3.05, 3.63) is 56.7 Å². The Bertz CT molecular complexity index is 645. The smallest absolute Gasteiger partial charge is 0.324 e. The summed E-state index contributed by atoms with van der Waals surface area (Å²) in [4.78, 5) is 10.2. The molecule has 5 nitrogen and oxygen atoms in total. The molecule has 0 saturated heterocycles. The maximum Gasteiger partial charge on any atom is 0.324 e. The van der Waals surface area contributed by atoms with Crippen LogP contribution in [0, 0.1) is 15.9 Å². The number of halogens is 1. The molecule has 1 aromatic heterocycles. The van der Waals surface area contributed by atoms with E-state index in [0.717, 1.165) is 16.9 Å². The van der Waals surface area contributed by atoms with Crippen LogP contribution >= 0.6 is 11.3 Å². The van der Waals surface area contributed by atoms with Gasteiger partial charge in [-0.05, 0) is 30.7 Å². The number of methoxy groups -OCH3 is 1. The lowest BCUT2D eigenvalue weighted by atomic mass is 10.1. The molecule has 21 heavy (non-hydrogen) atoms. The van der Waals surface area contributed by atoms with Gasteiger partial charge in [-0.15, -0.1) is 0 Å². The van der Waals surface area contributed by atoms with Gasteiger partial charge >= 0.3 is 5.00 Å². The Kier molecular flexibility index (Phi) is 4.87. The van der Waals surface area contributed by atoms with Gasteiger partial charge in [0, 0.05) is 29.6 Å². The number of nitrogens with one attached hydrogen (secondary N) is 1. The van der Waals surface area contributed by atoms with Crippen molar-refractivity contribution in [2.75, 3.05) is 7.11 Å². The van der Waals surface area contributed by atoms with Crippen molar-refractivity contribution < 1.29 is 14.1 Å². The summed E-state index contributed by atoms with van der Waals surface area (Å²) in [5, 5.41) is 15.7. The molecule has 0 amide bonds. The van der Waals surface area contributed by atoms with Crippen molar-refractivity contribution in [3.8, 4) is 5.75 Å². The second-order valence-electron chi connectivity index (χ2n) is 4.54. The summed E-state index contributed by atoms with van der Waals surface area (Å²) in [6, 6.07) is 5.74. The molecule has 1 unspecified atom stereocenters. The van der Waals surface area contributed by atoms with Crippen LogP contribution in [-0.4, -0.2) is 12.0 Å². The van der Waals surface area contributed by atoms with E-state index in [1.54, 1.807) is 11.4 Å². The van der Waals surface area contributed by atoms with Crippen molar-refractivity contribution in [2.24, 2.45) is 0 Å². The Hall–Kier alpha value is -1.99. The minimum absolute atomic E-state index is 0.114. The minimum atomic E-state index is -0.410. The standard InChI is InChI=1S/C14H15FN2O3S/c1-9(12-6-11(15)3-4-13(12)20-2)16-7-10-5-14(17(18)19)21-8-10/h3-6,8-9,16H,7H2,1-2H3. The van der Waals surface area contributed by atoms with Crippen molar-refractivity contribution >= 4 is 16.3 Å². The highest BCUT2D eigenvalue weighted by Crippen LogP contribution is 2.27. The summed E-state index contributed by atoms with van der Waals surface area (Å²) in [5.74, 6) is 0.276. The second-order valence-corrected chi connectivity index (χ2v) is 5.43. The van der Waals surface area contributed by atoms with Crippen LogP contribution < -0.4 is 10.1 Å². The number of hydrogen-bond donors (Lipinski definition) is 1. The Labute approximate surface area is 125 Å². The summed E-state index contributed by atoms with van der Waals surface area (Å²) in [5.41, 5.74) is 1.54. The van der Waals surface area contributed by atoms with Gasteiger partial charge in [-0.2, -0.15) is 0 Å². The summed E-state index contributed by atoms with van der Waals surface area (Å²) in [6.07, 6.45) is 0. The van der Waals surface area contributed by atoms with Gasteiger partial charge in [0.15, 0.2) is 0 Å². The van der Waals surface area contributed by atoms with Crippen molar-refractivity contribution in [1.29, 1.82) is 0 Å². The zero-order valence-corrected chi connectivity index (χ0v) is 12.4. The monoisotopic (exact) mass is 310 g/mol. The zero-order valence-electron chi connectivity index (χ0n) is 11.6. The highest BCUT2D eigenvalue weighted by atomic mass is 32.1. The largest absolute Gasteiger partial charge is 0.496 e. The first-order chi connectivity index (χ1) is 10.0. The summed E-state index contributed by atoms with van der Waals surface area (Å²) in [6.45, 7) is 2.35. The van der Waals surface area contributed by atoms with E-state index >= 15 is 0 Å². The van der Waals surface area contributed by atoms with E-state index in [1.165, 1.54) is 25.3 Å². The molecule has 1 heterocycles. The molecular weight excluding hydrogens is 295 g/mol. The molecule has 0 bridgehead atoms. The zero-order chi connectivity index (χ0) is 15.4. The number of nitrogens with zero attached hydrogens (tertiary/aromatic N) is 1. The molecule has 0 aliphatic heterocycles. The maximum atomic E-state index is 13.3. The van der Waals surface area contributed by atoms with E-state index in [9.17, 15) is 14.5 Å². The van der Waals surface area contributed by atoms with Gasteiger partial charge in [0.05, 0.1) is 12.0 Å². The van der Waals surface area contributed by atoms with E-state index in [2.05, 4.69) is 5.32 Å². The fourth-order valence-corrected chi connectivity index (χ4v) is 2.70. The van der Waals surface area contributed by atoms with Crippen LogP contribution in [-0.2, 0) is 6.54 Å². The second kappa shape index (κ2) is 6.64. The van der Waals surface area contributed by atoms with Gasteiger partial charge in [0.25, 0.3) is 0 Å². The summed E-state index contributed by atoms with van der Waals surface area (Å²) in [7, 11) is 1.53.